The molecule has 2 N–H and O–H groups in total. The van der Waals surface area contributed by atoms with E-state index in [9.17, 15) is 4.79 Å². The summed E-state index contributed by atoms with van der Waals surface area (Å²) in [6.07, 6.45) is 2.17. The van der Waals surface area contributed by atoms with Gasteiger partial charge in [-0.15, -0.1) is 0 Å². The van der Waals surface area contributed by atoms with Crippen LogP contribution in [-0.2, 0) is 6.54 Å². The Labute approximate surface area is 95.5 Å². The summed E-state index contributed by atoms with van der Waals surface area (Å²) in [6.45, 7) is 0.137. The van der Waals surface area contributed by atoms with E-state index in [2.05, 4.69) is 20.9 Å². The van der Waals surface area contributed by atoms with E-state index in [0.29, 0.717) is 0 Å². The fourth-order valence-corrected chi connectivity index (χ4v) is 1.54. The maximum atomic E-state index is 10.8. The zero-order chi connectivity index (χ0) is 11.3. The van der Waals surface area contributed by atoms with Crippen LogP contribution in [0.5, 0.6) is 0 Å². The summed E-state index contributed by atoms with van der Waals surface area (Å²) in [7, 11) is 0. The average Bonchev–Trinajstić information content (AvgIpc) is 2.17. The van der Waals surface area contributed by atoms with Gasteiger partial charge in [-0.2, -0.15) is 0 Å². The minimum Gasteiger partial charge on any atom is -0.465 e. The molecule has 0 saturated carbocycles. The molecule has 82 valence electrons. The molecule has 1 heterocycles. The van der Waals surface area contributed by atoms with Gasteiger partial charge < -0.3 is 15.1 Å². The second-order valence-corrected chi connectivity index (χ2v) is 3.85. The number of amides is 1. The molecule has 5 nitrogen and oxygen atoms in total. The molecular weight excluding hydrogens is 264 g/mol. The topological polar surface area (TPSA) is 73.7 Å². The van der Waals surface area contributed by atoms with Crippen LogP contribution in [0.25, 0.3) is 0 Å². The summed E-state index contributed by atoms with van der Waals surface area (Å²) in [5.74, 6) is 0. The summed E-state index contributed by atoms with van der Waals surface area (Å²) < 4.78 is 0.800. The van der Waals surface area contributed by atoms with Gasteiger partial charge in [0.15, 0.2) is 0 Å². The molecule has 0 saturated heterocycles. The minimum atomic E-state index is -1.05. The van der Waals surface area contributed by atoms with Crippen LogP contribution in [-0.4, -0.2) is 39.3 Å². The molecule has 1 rings (SSSR count). The number of aliphatic hydroxyl groups excluding tert-OH is 1. The normalized spacial score (nSPS) is 10.0. The standard InChI is InChI=1S/C9H11BrN2O3/c10-8-3-7(4-11-5-8)6-12(1-2-13)9(14)15/h3-5,13H,1-2,6H2,(H,14,15). The van der Waals surface area contributed by atoms with Gasteiger partial charge in [0.1, 0.15) is 0 Å². The Bertz CT molecular complexity index is 346. The lowest BCUT2D eigenvalue weighted by Gasteiger charge is -2.17. The lowest BCUT2D eigenvalue weighted by molar-refractivity contribution is 0.129. The van der Waals surface area contributed by atoms with E-state index in [1.165, 1.54) is 0 Å². The number of nitrogens with zero attached hydrogens (tertiary/aromatic N) is 2. The second-order valence-electron chi connectivity index (χ2n) is 2.94. The van der Waals surface area contributed by atoms with E-state index >= 15 is 0 Å². The Hall–Kier alpha value is -1.14. The van der Waals surface area contributed by atoms with Gasteiger partial charge in [0.2, 0.25) is 0 Å². The Kier molecular flexibility index (Phi) is 4.51. The van der Waals surface area contributed by atoms with Gasteiger partial charge in [-0.25, -0.2) is 4.79 Å². The molecule has 0 fully saturated rings. The number of carboxylic acid groups (broad SMARTS) is 1. The van der Waals surface area contributed by atoms with Gasteiger partial charge >= 0.3 is 6.09 Å². The van der Waals surface area contributed by atoms with E-state index in [1.807, 2.05) is 0 Å². The van der Waals surface area contributed by atoms with Crippen LogP contribution in [0, 0.1) is 0 Å². The zero-order valence-electron chi connectivity index (χ0n) is 7.93. The first-order valence-corrected chi connectivity index (χ1v) is 5.11. The summed E-state index contributed by atoms with van der Waals surface area (Å²) in [6, 6.07) is 1.79. The second kappa shape index (κ2) is 5.67. The third-order valence-electron chi connectivity index (χ3n) is 1.78. The lowest BCUT2D eigenvalue weighted by atomic mass is 10.3. The fourth-order valence-electron chi connectivity index (χ4n) is 1.13. The maximum absolute atomic E-state index is 10.8. The first-order chi connectivity index (χ1) is 7.13. The molecule has 1 amide bonds. The largest absolute Gasteiger partial charge is 0.465 e. The number of aromatic nitrogens is 1. The van der Waals surface area contributed by atoms with Crippen molar-refractivity contribution < 1.29 is 15.0 Å². The van der Waals surface area contributed by atoms with Gasteiger partial charge in [-0.05, 0) is 27.6 Å². The Morgan fingerprint density at radius 3 is 2.80 bits per heavy atom. The molecule has 0 spiro atoms. The molecule has 0 aliphatic carbocycles. The Morgan fingerprint density at radius 1 is 1.53 bits per heavy atom. The molecule has 0 aromatic carbocycles. The van der Waals surface area contributed by atoms with Crippen molar-refractivity contribution in [2.45, 2.75) is 6.54 Å². The third kappa shape index (κ3) is 3.85. The van der Waals surface area contributed by atoms with Crippen molar-refractivity contribution in [2.75, 3.05) is 13.2 Å². The number of hydrogen-bond donors (Lipinski definition) is 2. The highest BCUT2D eigenvalue weighted by Crippen LogP contribution is 2.11. The molecule has 1 aromatic heterocycles. The monoisotopic (exact) mass is 274 g/mol. The van der Waals surface area contributed by atoms with Crippen molar-refractivity contribution in [3.05, 3.63) is 28.5 Å². The van der Waals surface area contributed by atoms with Gasteiger partial charge in [0, 0.05) is 23.4 Å². The molecule has 0 bridgehead atoms. The highest BCUT2D eigenvalue weighted by molar-refractivity contribution is 9.10. The van der Waals surface area contributed by atoms with Crippen LogP contribution in [0.3, 0.4) is 0 Å². The molecule has 0 aliphatic rings. The molecule has 0 radical (unpaired) electrons. The van der Waals surface area contributed by atoms with E-state index < -0.39 is 6.09 Å². The number of hydrogen-bond acceptors (Lipinski definition) is 3. The van der Waals surface area contributed by atoms with Crippen molar-refractivity contribution in [3.63, 3.8) is 0 Å². The number of halogens is 1. The van der Waals surface area contributed by atoms with Gasteiger partial charge in [-0.3, -0.25) is 4.98 Å². The number of pyridine rings is 1. The molecule has 6 heteroatoms. The van der Waals surface area contributed by atoms with Gasteiger partial charge in [0.25, 0.3) is 0 Å². The quantitative estimate of drug-likeness (QED) is 0.869. The first-order valence-electron chi connectivity index (χ1n) is 4.31. The van der Waals surface area contributed by atoms with Crippen LogP contribution in [0.1, 0.15) is 5.56 Å². The van der Waals surface area contributed by atoms with Gasteiger partial charge in [-0.1, -0.05) is 0 Å². The molecule has 0 aliphatic heterocycles. The zero-order valence-corrected chi connectivity index (χ0v) is 9.51. The van der Waals surface area contributed by atoms with Crippen molar-refractivity contribution >= 4 is 22.0 Å². The predicted octanol–water partition coefficient (Wildman–Crippen LogP) is 1.32. The summed E-state index contributed by atoms with van der Waals surface area (Å²) in [5.41, 5.74) is 0.778. The van der Waals surface area contributed by atoms with Crippen molar-refractivity contribution in [3.8, 4) is 0 Å². The molecule has 0 atom stereocenters. The summed E-state index contributed by atoms with van der Waals surface area (Å²) >= 11 is 3.25. The predicted molar refractivity (Wildman–Crippen MR) is 57.5 cm³/mol. The van der Waals surface area contributed by atoms with Crippen LogP contribution in [0.15, 0.2) is 22.9 Å². The molecular formula is C9H11BrN2O3. The highest BCUT2D eigenvalue weighted by atomic mass is 79.9. The Morgan fingerprint density at radius 2 is 2.27 bits per heavy atom. The highest BCUT2D eigenvalue weighted by Gasteiger charge is 2.11. The summed E-state index contributed by atoms with van der Waals surface area (Å²) in [5, 5.41) is 17.5. The van der Waals surface area contributed by atoms with Crippen molar-refractivity contribution in [2.24, 2.45) is 0 Å². The van der Waals surface area contributed by atoms with E-state index in [4.69, 9.17) is 10.2 Å². The Balaban J connectivity index is 2.69. The minimum absolute atomic E-state index is 0.0991. The molecule has 15 heavy (non-hydrogen) atoms. The lowest BCUT2D eigenvalue weighted by Crippen LogP contribution is -2.31. The third-order valence-corrected chi connectivity index (χ3v) is 2.21. The van der Waals surface area contributed by atoms with Crippen molar-refractivity contribution in [1.29, 1.82) is 0 Å². The van der Waals surface area contributed by atoms with E-state index in [0.717, 1.165) is 14.9 Å². The van der Waals surface area contributed by atoms with Crippen LogP contribution < -0.4 is 0 Å². The first kappa shape index (κ1) is 11.9. The maximum Gasteiger partial charge on any atom is 0.407 e. The molecule has 1 aromatic rings. The van der Waals surface area contributed by atoms with E-state index in [-0.39, 0.29) is 19.7 Å². The van der Waals surface area contributed by atoms with Crippen LogP contribution >= 0.6 is 15.9 Å². The van der Waals surface area contributed by atoms with Crippen LogP contribution in [0.2, 0.25) is 0 Å². The van der Waals surface area contributed by atoms with E-state index in [1.54, 1.807) is 18.5 Å². The van der Waals surface area contributed by atoms with Crippen molar-refractivity contribution in [1.82, 2.24) is 9.88 Å². The number of carbonyl (C=O) groups is 1. The average molecular weight is 275 g/mol. The summed E-state index contributed by atoms with van der Waals surface area (Å²) in [4.78, 5) is 15.8. The van der Waals surface area contributed by atoms with Gasteiger partial charge in [0.05, 0.1) is 13.2 Å². The van der Waals surface area contributed by atoms with Crippen LogP contribution in [0.4, 0.5) is 4.79 Å². The number of aliphatic hydroxyl groups is 1. The smallest absolute Gasteiger partial charge is 0.407 e. The molecule has 0 unspecified atom stereocenters. The fraction of sp³-hybridized carbons (Fsp3) is 0.333. The number of rotatable bonds is 4. The SMILES string of the molecule is O=C(O)N(CCO)Cc1cncc(Br)c1.